The smallest absolute Gasteiger partial charge is 0.274 e. The van der Waals surface area contributed by atoms with Crippen LogP contribution in [0.3, 0.4) is 0 Å². The zero-order valence-corrected chi connectivity index (χ0v) is 17.5. The molecule has 148 valence electrons. The molecule has 2 heterocycles. The molecule has 0 radical (unpaired) electrons. The summed E-state index contributed by atoms with van der Waals surface area (Å²) < 4.78 is 8.02. The zero-order valence-electron chi connectivity index (χ0n) is 17.5. The third-order valence-electron chi connectivity index (χ3n) is 5.43. The Labute approximate surface area is 166 Å². The van der Waals surface area contributed by atoms with Gasteiger partial charge in [-0.05, 0) is 45.7 Å². The van der Waals surface area contributed by atoms with Gasteiger partial charge in [-0.2, -0.15) is 5.10 Å². The van der Waals surface area contributed by atoms with Crippen LogP contribution >= 0.6 is 0 Å². The van der Waals surface area contributed by atoms with Crippen molar-refractivity contribution in [3.8, 4) is 0 Å². The number of aryl methyl sites for hydroxylation is 1. The van der Waals surface area contributed by atoms with E-state index in [2.05, 4.69) is 33.8 Å². The van der Waals surface area contributed by atoms with E-state index in [1.165, 1.54) is 18.5 Å². The van der Waals surface area contributed by atoms with Crippen LogP contribution in [0, 0.1) is 0 Å². The number of amides is 1. The number of carbonyl (C=O) groups is 1. The molecule has 5 heteroatoms. The third-order valence-corrected chi connectivity index (χ3v) is 5.43. The summed E-state index contributed by atoms with van der Waals surface area (Å²) in [5.74, 6) is 1.44. The normalized spacial score (nSPS) is 14.6. The van der Waals surface area contributed by atoms with Crippen molar-refractivity contribution < 1.29 is 9.21 Å². The van der Waals surface area contributed by atoms with Crippen LogP contribution in [0.15, 0.2) is 34.7 Å². The second kappa shape index (κ2) is 6.80. The minimum absolute atomic E-state index is 0.0442. The summed E-state index contributed by atoms with van der Waals surface area (Å²) in [5.41, 5.74) is 3.55. The van der Waals surface area contributed by atoms with Gasteiger partial charge in [0.05, 0.1) is 5.54 Å². The summed E-state index contributed by atoms with van der Waals surface area (Å²) in [5, 5.41) is 5.78. The van der Waals surface area contributed by atoms with Crippen LogP contribution in [0.4, 0.5) is 0 Å². The molecule has 28 heavy (non-hydrogen) atoms. The van der Waals surface area contributed by atoms with Gasteiger partial charge >= 0.3 is 0 Å². The third kappa shape index (κ3) is 3.34. The zero-order chi connectivity index (χ0) is 20.1. The second-order valence-corrected chi connectivity index (χ2v) is 8.83. The molecule has 1 saturated carbocycles. The highest BCUT2D eigenvalue weighted by molar-refractivity contribution is 5.92. The molecule has 4 rings (SSSR count). The fraction of sp³-hybridized carbons (Fsp3) is 0.478. The first kappa shape index (κ1) is 18.8. The summed E-state index contributed by atoms with van der Waals surface area (Å²) in [4.78, 5) is 14.9. The largest absolute Gasteiger partial charge is 0.461 e. The number of furan rings is 1. The first-order valence-corrected chi connectivity index (χ1v) is 10.1. The molecule has 0 saturated heterocycles. The van der Waals surface area contributed by atoms with Gasteiger partial charge < -0.3 is 9.32 Å². The number of hydrogen-bond donors (Lipinski definition) is 0. The quantitative estimate of drug-likeness (QED) is 0.620. The predicted octanol–water partition coefficient (Wildman–Crippen LogP) is 5.10. The maximum Gasteiger partial charge on any atom is 0.274 e. The lowest BCUT2D eigenvalue weighted by Crippen LogP contribution is -2.28. The molecule has 1 aromatic carbocycles. The highest BCUT2D eigenvalue weighted by Crippen LogP contribution is 2.42. The van der Waals surface area contributed by atoms with Gasteiger partial charge in [0.2, 0.25) is 0 Å². The van der Waals surface area contributed by atoms with E-state index in [0.29, 0.717) is 18.2 Å². The molecule has 1 aliphatic rings. The fourth-order valence-corrected chi connectivity index (χ4v) is 3.82. The Balaban J connectivity index is 1.63. The molecular weight excluding hydrogens is 350 g/mol. The molecule has 0 bridgehead atoms. The maximum absolute atomic E-state index is 13.2. The van der Waals surface area contributed by atoms with Crippen LogP contribution < -0.4 is 0 Å². The van der Waals surface area contributed by atoms with Gasteiger partial charge in [-0.25, -0.2) is 0 Å². The van der Waals surface area contributed by atoms with Crippen LogP contribution in [0.25, 0.3) is 11.0 Å². The number of aromatic nitrogens is 2. The Bertz CT molecular complexity index is 1020. The Morgan fingerprint density at radius 1 is 1.29 bits per heavy atom. The average molecular weight is 380 g/mol. The summed E-state index contributed by atoms with van der Waals surface area (Å²) >= 11 is 0. The van der Waals surface area contributed by atoms with Crippen molar-refractivity contribution in [3.63, 3.8) is 0 Å². The van der Waals surface area contributed by atoms with Gasteiger partial charge in [0.25, 0.3) is 5.91 Å². The number of fused-ring (bicyclic) bond motifs is 1. The van der Waals surface area contributed by atoms with Crippen molar-refractivity contribution in [1.29, 1.82) is 0 Å². The van der Waals surface area contributed by atoms with E-state index in [1.807, 2.05) is 36.0 Å². The van der Waals surface area contributed by atoms with Gasteiger partial charge in [-0.3, -0.25) is 9.48 Å². The number of nitrogens with zero attached hydrogens (tertiary/aromatic N) is 3. The summed E-state index contributed by atoms with van der Waals surface area (Å²) in [7, 11) is 1.84. The molecule has 5 nitrogen and oxygen atoms in total. The molecule has 0 atom stereocenters. The van der Waals surface area contributed by atoms with E-state index in [1.54, 1.807) is 4.90 Å². The van der Waals surface area contributed by atoms with E-state index >= 15 is 0 Å². The van der Waals surface area contributed by atoms with Crippen LogP contribution in [-0.4, -0.2) is 27.6 Å². The number of hydrogen-bond acceptors (Lipinski definition) is 3. The van der Waals surface area contributed by atoms with Gasteiger partial charge in [0.1, 0.15) is 11.3 Å². The molecule has 0 unspecified atom stereocenters. The topological polar surface area (TPSA) is 51.3 Å². The SMILES string of the molecule is CCc1oc2ccccc2c1CN(C)C(=O)c1cc(C2CC2)n(C(C)(C)C)n1. The lowest BCUT2D eigenvalue weighted by Gasteiger charge is -2.22. The van der Waals surface area contributed by atoms with Crippen molar-refractivity contribution in [3.05, 3.63) is 53.0 Å². The van der Waals surface area contributed by atoms with Gasteiger partial charge in [0.15, 0.2) is 5.69 Å². The van der Waals surface area contributed by atoms with Gasteiger partial charge in [0, 0.05) is 42.6 Å². The highest BCUT2D eigenvalue weighted by atomic mass is 16.3. The maximum atomic E-state index is 13.2. The highest BCUT2D eigenvalue weighted by Gasteiger charge is 2.33. The Kier molecular flexibility index (Phi) is 4.56. The van der Waals surface area contributed by atoms with Crippen molar-refractivity contribution >= 4 is 16.9 Å². The number of para-hydroxylation sites is 1. The summed E-state index contributed by atoms with van der Waals surface area (Å²) in [6, 6.07) is 10.0. The van der Waals surface area contributed by atoms with Crippen LogP contribution in [0.1, 0.15) is 74.0 Å². The lowest BCUT2D eigenvalue weighted by atomic mass is 10.1. The van der Waals surface area contributed by atoms with Gasteiger partial charge in [-0.15, -0.1) is 0 Å². The predicted molar refractivity (Wildman–Crippen MR) is 111 cm³/mol. The number of rotatable bonds is 5. The van der Waals surface area contributed by atoms with Crippen molar-refractivity contribution in [2.45, 2.75) is 65.0 Å². The Morgan fingerprint density at radius 3 is 2.64 bits per heavy atom. The Hall–Kier alpha value is -2.56. The lowest BCUT2D eigenvalue weighted by molar-refractivity contribution is 0.0777. The molecule has 0 spiro atoms. The van der Waals surface area contributed by atoms with E-state index < -0.39 is 0 Å². The molecule has 1 fully saturated rings. The first-order chi connectivity index (χ1) is 13.3. The molecular formula is C23H29N3O2. The molecule has 1 aliphatic carbocycles. The first-order valence-electron chi connectivity index (χ1n) is 10.1. The van der Waals surface area contributed by atoms with Crippen molar-refractivity contribution in [2.75, 3.05) is 7.05 Å². The minimum Gasteiger partial charge on any atom is -0.461 e. The van der Waals surface area contributed by atoms with Crippen LogP contribution in [-0.2, 0) is 18.5 Å². The molecule has 3 aromatic rings. The number of benzene rings is 1. The molecule has 0 N–H and O–H groups in total. The van der Waals surface area contributed by atoms with Crippen LogP contribution in [0.5, 0.6) is 0 Å². The van der Waals surface area contributed by atoms with Crippen molar-refractivity contribution in [2.24, 2.45) is 0 Å². The second-order valence-electron chi connectivity index (χ2n) is 8.83. The minimum atomic E-state index is -0.134. The monoisotopic (exact) mass is 379 g/mol. The standard InChI is InChI=1S/C23H29N3O2/c1-6-20-17(16-9-7-8-10-21(16)28-20)14-25(5)22(27)18-13-19(15-11-12-15)26(24-18)23(2,3)4/h7-10,13,15H,6,11-12,14H2,1-5H3. The average Bonchev–Trinajstić information content (AvgIpc) is 3.30. The van der Waals surface area contributed by atoms with Crippen LogP contribution in [0.2, 0.25) is 0 Å². The summed E-state index contributed by atoms with van der Waals surface area (Å²) in [6.07, 6.45) is 3.18. The molecule has 1 amide bonds. The van der Waals surface area contributed by atoms with E-state index in [9.17, 15) is 4.79 Å². The molecule has 0 aliphatic heterocycles. The fourth-order valence-electron chi connectivity index (χ4n) is 3.82. The Morgan fingerprint density at radius 2 is 2.00 bits per heavy atom. The van der Waals surface area contributed by atoms with Crippen molar-refractivity contribution in [1.82, 2.24) is 14.7 Å². The van der Waals surface area contributed by atoms with E-state index in [0.717, 1.165) is 28.7 Å². The molecule has 2 aromatic heterocycles. The summed E-state index contributed by atoms with van der Waals surface area (Å²) in [6.45, 7) is 9.00. The van der Waals surface area contributed by atoms with Gasteiger partial charge in [-0.1, -0.05) is 25.1 Å². The van der Waals surface area contributed by atoms with E-state index in [-0.39, 0.29) is 11.4 Å². The van der Waals surface area contributed by atoms with E-state index in [4.69, 9.17) is 9.52 Å². The number of carbonyl (C=O) groups excluding carboxylic acids is 1.